The maximum Gasteiger partial charge on any atom is 0.437 e. The van der Waals surface area contributed by atoms with Gasteiger partial charge in [0.15, 0.2) is 5.71 Å². The van der Waals surface area contributed by atoms with Gasteiger partial charge >= 0.3 is 26.4 Å². The largest absolute Gasteiger partial charge is 0.497 e. The third-order valence-electron chi connectivity index (χ3n) is 5.27. The molecule has 0 aliphatic rings. The van der Waals surface area contributed by atoms with Gasteiger partial charge in [-0.3, -0.25) is 4.28 Å². The molecular formula is C27H20F3NO8S2. The minimum atomic E-state index is -5.06. The van der Waals surface area contributed by atoms with Gasteiger partial charge in [0.25, 0.3) is 0 Å². The normalized spacial score (nSPS) is 12.4. The Morgan fingerprint density at radius 1 is 0.634 bits per heavy atom. The molecule has 0 aliphatic carbocycles. The fourth-order valence-electron chi connectivity index (χ4n) is 3.28. The molecule has 0 aliphatic heterocycles. The molecule has 0 radical (unpaired) electrons. The van der Waals surface area contributed by atoms with Gasteiger partial charge in [0.2, 0.25) is 0 Å². The summed E-state index contributed by atoms with van der Waals surface area (Å²) in [7, 11) is -7.68. The van der Waals surface area contributed by atoms with E-state index in [0.717, 1.165) is 36.4 Å². The van der Waals surface area contributed by atoms with E-state index < -0.39 is 42.6 Å². The van der Waals surface area contributed by atoms with E-state index in [1.165, 1.54) is 43.5 Å². The predicted molar refractivity (Wildman–Crippen MR) is 141 cm³/mol. The van der Waals surface area contributed by atoms with Gasteiger partial charge in [0.05, 0.1) is 7.11 Å². The van der Waals surface area contributed by atoms with Crippen molar-refractivity contribution in [1.29, 1.82) is 0 Å². The molecule has 0 saturated heterocycles. The summed E-state index contributed by atoms with van der Waals surface area (Å²) in [6, 6.07) is 22.3. The topological polar surface area (TPSA) is 118 Å². The molecule has 9 nitrogen and oxygen atoms in total. The lowest BCUT2D eigenvalue weighted by atomic mass is 10.1. The van der Waals surface area contributed by atoms with Crippen LogP contribution in [0.1, 0.15) is 5.56 Å². The molecule has 4 rings (SSSR count). The Balaban J connectivity index is 1.49. The Labute approximate surface area is 233 Å². The second-order valence-corrected chi connectivity index (χ2v) is 11.2. The number of nitrogens with zero attached hydrogens (tertiary/aromatic N) is 1. The highest BCUT2D eigenvalue weighted by Crippen LogP contribution is 2.28. The molecule has 14 heteroatoms. The molecule has 4 aromatic rings. The molecule has 0 bridgehead atoms. The SMILES string of the molecule is COc1ccc(S(=O)(=O)Oc2ccc(S(=O)(=O)O/N=C(/c3ccc(Oc4ccccc4)cc3)C(F)(F)F)cc2)cc1. The number of ether oxygens (including phenoxy) is 2. The van der Waals surface area contributed by atoms with E-state index in [1.807, 2.05) is 0 Å². The van der Waals surface area contributed by atoms with E-state index in [-0.39, 0.29) is 16.4 Å². The molecule has 0 aromatic heterocycles. The van der Waals surface area contributed by atoms with Crippen LogP contribution in [0.2, 0.25) is 0 Å². The highest BCUT2D eigenvalue weighted by Gasteiger charge is 2.38. The lowest BCUT2D eigenvalue weighted by Gasteiger charge is -2.12. The van der Waals surface area contributed by atoms with Gasteiger partial charge in [-0.15, -0.1) is 0 Å². The monoisotopic (exact) mass is 607 g/mol. The van der Waals surface area contributed by atoms with Crippen LogP contribution in [-0.4, -0.2) is 35.8 Å². The number of alkyl halides is 3. The minimum Gasteiger partial charge on any atom is -0.497 e. The second kappa shape index (κ2) is 11.9. The summed E-state index contributed by atoms with van der Waals surface area (Å²) in [6.45, 7) is 0. The number of benzene rings is 4. The molecule has 214 valence electrons. The predicted octanol–water partition coefficient (Wildman–Crippen LogP) is 5.93. The van der Waals surface area contributed by atoms with E-state index in [2.05, 4.69) is 9.44 Å². The van der Waals surface area contributed by atoms with Crippen LogP contribution in [0.5, 0.6) is 23.0 Å². The molecule has 0 heterocycles. The number of halogens is 3. The number of oxime groups is 1. The van der Waals surface area contributed by atoms with E-state index in [4.69, 9.17) is 13.7 Å². The summed E-state index contributed by atoms with van der Waals surface area (Å²) in [4.78, 5) is -0.782. The summed E-state index contributed by atoms with van der Waals surface area (Å²) < 4.78 is 111. The number of para-hydroxylation sites is 1. The summed E-state index contributed by atoms with van der Waals surface area (Å²) in [5, 5.41) is 2.89. The molecule has 0 amide bonds. The molecule has 0 unspecified atom stereocenters. The maximum atomic E-state index is 13.7. The fourth-order valence-corrected chi connectivity index (χ4v) is 4.94. The number of hydrogen-bond donors (Lipinski definition) is 0. The summed E-state index contributed by atoms with van der Waals surface area (Å²) >= 11 is 0. The summed E-state index contributed by atoms with van der Waals surface area (Å²) in [5.41, 5.74) is -2.07. The van der Waals surface area contributed by atoms with Crippen molar-refractivity contribution in [2.24, 2.45) is 5.16 Å². The molecule has 0 saturated carbocycles. The van der Waals surface area contributed by atoms with Gasteiger partial charge in [-0.1, -0.05) is 23.4 Å². The van der Waals surface area contributed by atoms with Crippen molar-refractivity contribution < 1.29 is 47.9 Å². The molecule has 41 heavy (non-hydrogen) atoms. The van der Waals surface area contributed by atoms with E-state index in [0.29, 0.717) is 11.5 Å². The van der Waals surface area contributed by atoms with Crippen molar-refractivity contribution >= 4 is 25.9 Å². The Kier molecular flexibility index (Phi) is 8.54. The Bertz CT molecular complexity index is 1720. The first-order valence-electron chi connectivity index (χ1n) is 11.5. The molecule has 0 fully saturated rings. The third-order valence-corrected chi connectivity index (χ3v) is 7.65. The average molecular weight is 608 g/mol. The van der Waals surface area contributed by atoms with Crippen molar-refractivity contribution in [1.82, 2.24) is 0 Å². The standard InChI is InChI=1S/C27H20F3NO8S2/c1-36-20-11-15-24(16-12-20)40(32,33)38-23-13-17-25(18-14-23)41(34,35)39-31-26(27(28,29)30)19-7-9-22(10-8-19)37-21-5-3-2-4-6-21/h2-18H,1H3/b31-26-. The van der Waals surface area contributed by atoms with Crippen molar-refractivity contribution in [3.63, 3.8) is 0 Å². The van der Waals surface area contributed by atoms with Crippen LogP contribution in [0, 0.1) is 0 Å². The zero-order valence-corrected chi connectivity index (χ0v) is 22.6. The zero-order valence-electron chi connectivity index (χ0n) is 21.0. The van der Waals surface area contributed by atoms with Crippen molar-refractivity contribution in [2.75, 3.05) is 7.11 Å². The van der Waals surface area contributed by atoms with Crippen molar-refractivity contribution in [3.8, 4) is 23.0 Å². The molecule has 0 atom stereocenters. The quantitative estimate of drug-likeness (QED) is 0.124. The Morgan fingerprint density at radius 2 is 1.12 bits per heavy atom. The van der Waals surface area contributed by atoms with E-state index >= 15 is 0 Å². The molecule has 4 aromatic carbocycles. The van der Waals surface area contributed by atoms with Gasteiger partial charge in [-0.25, -0.2) is 0 Å². The number of rotatable bonds is 10. The van der Waals surface area contributed by atoms with Crippen LogP contribution in [0.15, 0.2) is 118 Å². The van der Waals surface area contributed by atoms with Crippen LogP contribution < -0.4 is 13.7 Å². The second-order valence-electron chi connectivity index (χ2n) is 8.09. The van der Waals surface area contributed by atoms with Crippen LogP contribution in [-0.2, 0) is 24.5 Å². The van der Waals surface area contributed by atoms with Gasteiger partial charge in [0, 0.05) is 5.56 Å². The van der Waals surface area contributed by atoms with Gasteiger partial charge in [0.1, 0.15) is 32.8 Å². The third kappa shape index (κ3) is 7.55. The van der Waals surface area contributed by atoms with Crippen LogP contribution in [0.3, 0.4) is 0 Å². The van der Waals surface area contributed by atoms with Crippen molar-refractivity contribution in [2.45, 2.75) is 16.0 Å². The minimum absolute atomic E-state index is 0.188. The lowest BCUT2D eigenvalue weighted by molar-refractivity contribution is -0.0597. The van der Waals surface area contributed by atoms with Crippen molar-refractivity contribution in [3.05, 3.63) is 109 Å². The van der Waals surface area contributed by atoms with Crippen LogP contribution >= 0.6 is 0 Å². The molecule has 0 N–H and O–H groups in total. The number of hydrogen-bond acceptors (Lipinski definition) is 9. The number of methoxy groups -OCH3 is 1. The highest BCUT2D eigenvalue weighted by molar-refractivity contribution is 7.87. The van der Waals surface area contributed by atoms with Crippen LogP contribution in [0.25, 0.3) is 0 Å². The van der Waals surface area contributed by atoms with E-state index in [9.17, 15) is 30.0 Å². The zero-order chi connectivity index (χ0) is 29.7. The smallest absolute Gasteiger partial charge is 0.437 e. The van der Waals surface area contributed by atoms with Gasteiger partial charge < -0.3 is 13.7 Å². The Morgan fingerprint density at radius 3 is 1.66 bits per heavy atom. The average Bonchev–Trinajstić information content (AvgIpc) is 2.94. The summed E-state index contributed by atoms with van der Waals surface area (Å²) in [6.07, 6.45) is -5.06. The summed E-state index contributed by atoms with van der Waals surface area (Å²) in [5.74, 6) is 0.876. The molecular weight excluding hydrogens is 587 g/mol. The lowest BCUT2D eigenvalue weighted by Crippen LogP contribution is -2.25. The first-order valence-corrected chi connectivity index (χ1v) is 14.3. The van der Waals surface area contributed by atoms with E-state index in [1.54, 1.807) is 30.3 Å². The highest BCUT2D eigenvalue weighted by atomic mass is 32.2. The molecule has 0 spiro atoms. The van der Waals surface area contributed by atoms with Gasteiger partial charge in [-0.2, -0.15) is 30.0 Å². The van der Waals surface area contributed by atoms with Crippen LogP contribution in [0.4, 0.5) is 13.2 Å². The fraction of sp³-hybridized carbons (Fsp3) is 0.0741. The Hall–Kier alpha value is -4.56. The first-order chi connectivity index (χ1) is 19.4. The van der Waals surface area contributed by atoms with Gasteiger partial charge in [-0.05, 0) is 84.9 Å². The first kappa shape index (κ1) is 29.4. The maximum absolute atomic E-state index is 13.7.